The Hall–Kier alpha value is 0.110. The second kappa shape index (κ2) is 3.68. The zero-order valence-corrected chi connectivity index (χ0v) is 9.17. The van der Waals surface area contributed by atoms with Crippen molar-refractivity contribution >= 4 is 31.9 Å². The Morgan fingerprint density at radius 3 is 2.45 bits per heavy atom. The molecule has 0 radical (unpaired) electrons. The molecule has 0 N–H and O–H groups in total. The number of rotatable bonds is 1. The minimum atomic E-state index is -0.159. The van der Waals surface area contributed by atoms with Gasteiger partial charge < -0.3 is 0 Å². The van der Waals surface area contributed by atoms with Crippen LogP contribution in [0, 0.1) is 5.82 Å². The Bertz CT molecular complexity index is 248. The van der Waals surface area contributed by atoms with E-state index in [1.807, 2.05) is 13.0 Å². The van der Waals surface area contributed by atoms with Crippen molar-refractivity contribution in [2.45, 2.75) is 13.3 Å². The highest BCUT2D eigenvalue weighted by Gasteiger charge is 2.05. The van der Waals surface area contributed by atoms with Crippen molar-refractivity contribution in [3.05, 3.63) is 32.5 Å². The lowest BCUT2D eigenvalue weighted by Gasteiger charge is -2.02. The summed E-state index contributed by atoms with van der Waals surface area (Å²) < 4.78 is 14.6. The van der Waals surface area contributed by atoms with E-state index in [2.05, 4.69) is 31.9 Å². The average Bonchev–Trinajstić information content (AvgIpc) is 1.85. The highest BCUT2D eigenvalue weighted by Crippen LogP contribution is 2.25. The van der Waals surface area contributed by atoms with Gasteiger partial charge in [0.15, 0.2) is 0 Å². The van der Waals surface area contributed by atoms with E-state index >= 15 is 0 Å². The van der Waals surface area contributed by atoms with E-state index in [9.17, 15) is 4.39 Å². The molecule has 11 heavy (non-hydrogen) atoms. The van der Waals surface area contributed by atoms with Crippen molar-refractivity contribution in [2.24, 2.45) is 0 Å². The maximum atomic E-state index is 13.1. The molecule has 1 rings (SSSR count). The van der Waals surface area contributed by atoms with Gasteiger partial charge in [0.1, 0.15) is 5.82 Å². The zero-order valence-electron chi connectivity index (χ0n) is 6.00. The second-order valence-corrected chi connectivity index (χ2v) is 3.97. The lowest BCUT2D eigenvalue weighted by atomic mass is 10.2. The van der Waals surface area contributed by atoms with E-state index in [-0.39, 0.29) is 5.82 Å². The van der Waals surface area contributed by atoms with Crippen LogP contribution in [0.4, 0.5) is 4.39 Å². The molecule has 1 aromatic carbocycles. The number of hydrogen-bond donors (Lipinski definition) is 0. The van der Waals surface area contributed by atoms with Gasteiger partial charge in [0.05, 0.1) is 0 Å². The van der Waals surface area contributed by atoms with Gasteiger partial charge in [0.2, 0.25) is 0 Å². The number of halogens is 3. The summed E-state index contributed by atoms with van der Waals surface area (Å²) in [6, 6.07) is 3.32. The molecular formula is C8H7Br2F. The minimum absolute atomic E-state index is 0.159. The van der Waals surface area contributed by atoms with Crippen molar-refractivity contribution in [2.75, 3.05) is 0 Å². The number of hydrogen-bond acceptors (Lipinski definition) is 0. The molecule has 60 valence electrons. The lowest BCUT2D eigenvalue weighted by molar-refractivity contribution is 0.610. The number of benzene rings is 1. The van der Waals surface area contributed by atoms with Gasteiger partial charge in [0, 0.05) is 14.5 Å². The Morgan fingerprint density at radius 2 is 2.00 bits per heavy atom. The van der Waals surface area contributed by atoms with Crippen molar-refractivity contribution in [1.29, 1.82) is 0 Å². The van der Waals surface area contributed by atoms with Crippen molar-refractivity contribution in [3.63, 3.8) is 0 Å². The van der Waals surface area contributed by atoms with Crippen LogP contribution in [0.25, 0.3) is 0 Å². The smallest absolute Gasteiger partial charge is 0.128 e. The predicted molar refractivity (Wildman–Crippen MR) is 51.2 cm³/mol. The summed E-state index contributed by atoms with van der Waals surface area (Å²) in [6.45, 7) is 1.93. The van der Waals surface area contributed by atoms with Crippen LogP contribution in [0.1, 0.15) is 12.5 Å². The summed E-state index contributed by atoms with van der Waals surface area (Å²) in [7, 11) is 0. The molecule has 1 aromatic rings. The Kier molecular flexibility index (Phi) is 3.07. The van der Waals surface area contributed by atoms with E-state index in [0.717, 1.165) is 14.5 Å². The largest absolute Gasteiger partial charge is 0.207 e. The first kappa shape index (κ1) is 9.20. The van der Waals surface area contributed by atoms with E-state index in [1.165, 1.54) is 6.07 Å². The van der Waals surface area contributed by atoms with Crippen LogP contribution in [0.3, 0.4) is 0 Å². The molecule has 0 aliphatic heterocycles. The minimum Gasteiger partial charge on any atom is -0.207 e. The topological polar surface area (TPSA) is 0 Å². The molecule has 0 bridgehead atoms. The van der Waals surface area contributed by atoms with Crippen molar-refractivity contribution in [1.82, 2.24) is 0 Å². The Morgan fingerprint density at radius 1 is 1.36 bits per heavy atom. The molecule has 0 nitrogen and oxygen atoms in total. The van der Waals surface area contributed by atoms with E-state index in [0.29, 0.717) is 6.42 Å². The summed E-state index contributed by atoms with van der Waals surface area (Å²) in [5.74, 6) is -0.159. The fourth-order valence-electron chi connectivity index (χ4n) is 0.910. The lowest BCUT2D eigenvalue weighted by Crippen LogP contribution is -1.88. The van der Waals surface area contributed by atoms with E-state index < -0.39 is 0 Å². The predicted octanol–water partition coefficient (Wildman–Crippen LogP) is 3.91. The maximum absolute atomic E-state index is 13.1. The van der Waals surface area contributed by atoms with Crippen molar-refractivity contribution < 1.29 is 4.39 Å². The van der Waals surface area contributed by atoms with Crippen LogP contribution in [-0.2, 0) is 6.42 Å². The molecule has 0 spiro atoms. The molecule has 0 saturated carbocycles. The summed E-state index contributed by atoms with van der Waals surface area (Å²) >= 11 is 6.49. The van der Waals surface area contributed by atoms with E-state index in [4.69, 9.17) is 0 Å². The summed E-state index contributed by atoms with van der Waals surface area (Å²) in [4.78, 5) is 0. The van der Waals surface area contributed by atoms with Crippen LogP contribution < -0.4 is 0 Å². The molecule has 0 aliphatic carbocycles. The van der Waals surface area contributed by atoms with Gasteiger partial charge in [-0.1, -0.05) is 38.8 Å². The van der Waals surface area contributed by atoms with Crippen molar-refractivity contribution in [3.8, 4) is 0 Å². The maximum Gasteiger partial charge on any atom is 0.128 e. The monoisotopic (exact) mass is 280 g/mol. The molecule has 0 saturated heterocycles. The summed E-state index contributed by atoms with van der Waals surface area (Å²) in [5.41, 5.74) is 0.730. The molecule has 0 heterocycles. The molecule has 0 amide bonds. The standard InChI is InChI=1S/C8H7Br2F/c1-2-6-7(10)3-5(9)4-8(6)11/h3-4H,2H2,1H3. The first-order valence-electron chi connectivity index (χ1n) is 3.28. The normalized spacial score (nSPS) is 10.2. The van der Waals surface area contributed by atoms with Crippen LogP contribution in [0.15, 0.2) is 21.1 Å². The molecule has 0 unspecified atom stereocenters. The molecular weight excluding hydrogens is 275 g/mol. The van der Waals surface area contributed by atoms with Gasteiger partial charge in [-0.25, -0.2) is 4.39 Å². The summed E-state index contributed by atoms with van der Waals surface area (Å²) in [6.07, 6.45) is 0.708. The highest BCUT2D eigenvalue weighted by atomic mass is 79.9. The van der Waals surface area contributed by atoms with Gasteiger partial charge in [0.25, 0.3) is 0 Å². The SMILES string of the molecule is CCc1c(F)cc(Br)cc1Br. The highest BCUT2D eigenvalue weighted by molar-refractivity contribution is 9.11. The zero-order chi connectivity index (χ0) is 8.43. The third-order valence-electron chi connectivity index (χ3n) is 1.46. The fraction of sp³-hybridized carbons (Fsp3) is 0.250. The van der Waals surface area contributed by atoms with Crippen LogP contribution >= 0.6 is 31.9 Å². The van der Waals surface area contributed by atoms with Gasteiger partial charge in [-0.15, -0.1) is 0 Å². The molecule has 0 fully saturated rings. The molecule has 0 atom stereocenters. The third kappa shape index (κ3) is 2.03. The van der Waals surface area contributed by atoms with E-state index in [1.54, 1.807) is 0 Å². The molecule has 0 aliphatic rings. The second-order valence-electron chi connectivity index (χ2n) is 2.20. The van der Waals surface area contributed by atoms with Gasteiger partial charge in [-0.3, -0.25) is 0 Å². The first-order valence-corrected chi connectivity index (χ1v) is 4.87. The third-order valence-corrected chi connectivity index (χ3v) is 2.62. The van der Waals surface area contributed by atoms with Gasteiger partial charge in [-0.05, 0) is 18.6 Å². The summed E-state index contributed by atoms with van der Waals surface area (Å²) in [5, 5.41) is 0. The average molecular weight is 282 g/mol. The van der Waals surface area contributed by atoms with Crippen LogP contribution in [-0.4, -0.2) is 0 Å². The van der Waals surface area contributed by atoms with Gasteiger partial charge in [-0.2, -0.15) is 0 Å². The Labute approximate surface area is 82.1 Å². The Balaban J connectivity index is 3.25. The quantitative estimate of drug-likeness (QED) is 0.732. The van der Waals surface area contributed by atoms with Crippen LogP contribution in [0.2, 0.25) is 0 Å². The van der Waals surface area contributed by atoms with Crippen LogP contribution in [0.5, 0.6) is 0 Å². The molecule has 0 aromatic heterocycles. The van der Waals surface area contributed by atoms with Gasteiger partial charge >= 0.3 is 0 Å². The first-order chi connectivity index (χ1) is 5.15. The fourth-order valence-corrected chi connectivity index (χ4v) is 2.36. The molecule has 3 heteroatoms.